The summed E-state index contributed by atoms with van der Waals surface area (Å²) in [5, 5.41) is 3.54. The van der Waals surface area contributed by atoms with Gasteiger partial charge in [-0.1, -0.05) is 29.8 Å². The number of carbonyl (C=O) groups excluding carboxylic acids is 1. The summed E-state index contributed by atoms with van der Waals surface area (Å²) < 4.78 is 13.1. The third kappa shape index (κ3) is 2.94. The molecule has 1 heterocycles. The Balaban J connectivity index is 1.74. The van der Waals surface area contributed by atoms with Crippen LogP contribution in [0.1, 0.15) is 21.6 Å². The predicted molar refractivity (Wildman–Crippen MR) is 80.6 cm³/mol. The Hall–Kier alpha value is -2.62. The lowest BCUT2D eigenvalue weighted by Gasteiger charge is -2.04. The van der Waals surface area contributed by atoms with E-state index >= 15 is 0 Å². The molecule has 0 atom stereocenters. The first-order valence-corrected chi connectivity index (χ1v) is 6.74. The zero-order valence-electron chi connectivity index (χ0n) is 11.6. The molecule has 0 bridgehead atoms. The van der Waals surface area contributed by atoms with Crippen molar-refractivity contribution < 1.29 is 9.18 Å². The number of hydrogen-bond acceptors (Lipinski definition) is 1. The van der Waals surface area contributed by atoms with Gasteiger partial charge in [-0.2, -0.15) is 0 Å². The highest BCUT2D eigenvalue weighted by Gasteiger charge is 2.09. The van der Waals surface area contributed by atoms with Crippen molar-refractivity contribution in [2.24, 2.45) is 0 Å². The topological polar surface area (TPSA) is 44.9 Å². The molecule has 3 aromatic rings. The SMILES string of the molecule is Cc1cccc(CNC(=O)c2cc3cc(F)ccc3[nH]2)c1. The molecule has 4 heteroatoms. The minimum atomic E-state index is -0.312. The van der Waals surface area contributed by atoms with Crippen LogP contribution in [-0.2, 0) is 6.54 Å². The van der Waals surface area contributed by atoms with Gasteiger partial charge in [-0.3, -0.25) is 4.79 Å². The van der Waals surface area contributed by atoms with Gasteiger partial charge in [-0.15, -0.1) is 0 Å². The van der Waals surface area contributed by atoms with Gasteiger partial charge in [0.05, 0.1) is 0 Å². The lowest BCUT2D eigenvalue weighted by molar-refractivity contribution is 0.0946. The molecule has 1 amide bonds. The van der Waals surface area contributed by atoms with Crippen molar-refractivity contribution in [2.75, 3.05) is 0 Å². The van der Waals surface area contributed by atoms with Gasteiger partial charge >= 0.3 is 0 Å². The quantitative estimate of drug-likeness (QED) is 0.758. The second-order valence-corrected chi connectivity index (χ2v) is 5.09. The molecule has 0 fully saturated rings. The summed E-state index contributed by atoms with van der Waals surface area (Å²) in [6.07, 6.45) is 0. The van der Waals surface area contributed by atoms with Crippen LogP contribution < -0.4 is 5.32 Å². The van der Waals surface area contributed by atoms with Crippen molar-refractivity contribution in [3.63, 3.8) is 0 Å². The predicted octanol–water partition coefficient (Wildman–Crippen LogP) is 3.55. The van der Waals surface area contributed by atoms with Crippen molar-refractivity contribution in [1.29, 1.82) is 0 Å². The van der Waals surface area contributed by atoms with Crippen molar-refractivity contribution >= 4 is 16.8 Å². The fourth-order valence-corrected chi connectivity index (χ4v) is 2.33. The van der Waals surface area contributed by atoms with Crippen LogP contribution in [-0.4, -0.2) is 10.9 Å². The molecule has 0 aliphatic rings. The van der Waals surface area contributed by atoms with Gasteiger partial charge in [0.2, 0.25) is 0 Å². The number of carbonyl (C=O) groups is 1. The van der Waals surface area contributed by atoms with Crippen LogP contribution in [0.2, 0.25) is 0 Å². The number of nitrogens with one attached hydrogen (secondary N) is 2. The number of aryl methyl sites for hydroxylation is 1. The maximum atomic E-state index is 13.1. The number of hydrogen-bond donors (Lipinski definition) is 2. The van der Waals surface area contributed by atoms with E-state index in [1.54, 1.807) is 12.1 Å². The monoisotopic (exact) mass is 282 g/mol. The number of fused-ring (bicyclic) bond motifs is 1. The Bertz CT molecular complexity index is 807. The van der Waals surface area contributed by atoms with E-state index in [2.05, 4.69) is 10.3 Å². The molecule has 0 unspecified atom stereocenters. The number of halogens is 1. The number of amides is 1. The zero-order chi connectivity index (χ0) is 14.8. The van der Waals surface area contributed by atoms with Crippen molar-refractivity contribution in [1.82, 2.24) is 10.3 Å². The minimum Gasteiger partial charge on any atom is -0.351 e. The van der Waals surface area contributed by atoms with E-state index in [-0.39, 0.29) is 11.7 Å². The van der Waals surface area contributed by atoms with Crippen LogP contribution in [0.4, 0.5) is 4.39 Å². The molecule has 0 saturated carbocycles. The van der Waals surface area contributed by atoms with Crippen LogP contribution >= 0.6 is 0 Å². The van der Waals surface area contributed by atoms with E-state index in [0.717, 1.165) is 16.6 Å². The normalized spacial score (nSPS) is 10.8. The summed E-state index contributed by atoms with van der Waals surface area (Å²) in [5.74, 6) is -0.513. The number of rotatable bonds is 3. The maximum absolute atomic E-state index is 13.1. The van der Waals surface area contributed by atoms with E-state index < -0.39 is 0 Å². The number of aromatic nitrogens is 1. The van der Waals surface area contributed by atoms with Crippen molar-refractivity contribution in [3.05, 3.63) is 71.2 Å². The summed E-state index contributed by atoms with van der Waals surface area (Å²) in [6.45, 7) is 2.47. The third-order valence-corrected chi connectivity index (χ3v) is 3.36. The van der Waals surface area contributed by atoms with Crippen LogP contribution in [0.15, 0.2) is 48.5 Å². The Morgan fingerprint density at radius 1 is 1.19 bits per heavy atom. The molecular weight excluding hydrogens is 267 g/mol. The van der Waals surface area contributed by atoms with Gasteiger partial charge in [-0.25, -0.2) is 4.39 Å². The van der Waals surface area contributed by atoms with Gasteiger partial charge < -0.3 is 10.3 Å². The summed E-state index contributed by atoms with van der Waals surface area (Å²) in [4.78, 5) is 15.1. The van der Waals surface area contributed by atoms with E-state index in [1.807, 2.05) is 31.2 Å². The first-order valence-electron chi connectivity index (χ1n) is 6.74. The first kappa shape index (κ1) is 13.4. The maximum Gasteiger partial charge on any atom is 0.267 e. The van der Waals surface area contributed by atoms with Crippen molar-refractivity contribution in [3.8, 4) is 0 Å². The van der Waals surface area contributed by atoms with E-state index in [9.17, 15) is 9.18 Å². The lowest BCUT2D eigenvalue weighted by Crippen LogP contribution is -2.23. The fraction of sp³-hybridized carbons (Fsp3) is 0.118. The summed E-state index contributed by atoms with van der Waals surface area (Å²) >= 11 is 0. The molecule has 2 aromatic carbocycles. The van der Waals surface area contributed by atoms with Gasteiger partial charge in [0.1, 0.15) is 11.5 Å². The highest BCUT2D eigenvalue weighted by molar-refractivity contribution is 5.97. The Morgan fingerprint density at radius 3 is 2.86 bits per heavy atom. The fourth-order valence-electron chi connectivity index (χ4n) is 2.33. The summed E-state index contributed by atoms with van der Waals surface area (Å²) in [6, 6.07) is 14.0. The summed E-state index contributed by atoms with van der Waals surface area (Å²) in [5.41, 5.74) is 3.38. The largest absolute Gasteiger partial charge is 0.351 e. The van der Waals surface area contributed by atoms with Crippen molar-refractivity contribution in [2.45, 2.75) is 13.5 Å². The third-order valence-electron chi connectivity index (χ3n) is 3.36. The number of H-pyrrole nitrogens is 1. The molecule has 0 saturated heterocycles. The second kappa shape index (κ2) is 5.40. The molecule has 0 aliphatic heterocycles. The molecule has 0 spiro atoms. The average Bonchev–Trinajstić information content (AvgIpc) is 2.88. The molecule has 21 heavy (non-hydrogen) atoms. The standard InChI is InChI=1S/C17H15FN2O/c1-11-3-2-4-12(7-11)10-19-17(21)16-9-13-8-14(18)5-6-15(13)20-16/h2-9,20H,10H2,1H3,(H,19,21). The Morgan fingerprint density at radius 2 is 2.05 bits per heavy atom. The zero-order valence-corrected chi connectivity index (χ0v) is 11.6. The van der Waals surface area contributed by atoms with Crippen LogP contribution in [0.3, 0.4) is 0 Å². The average molecular weight is 282 g/mol. The molecule has 1 aromatic heterocycles. The molecule has 106 valence electrons. The Labute approximate surface area is 121 Å². The van der Waals surface area contributed by atoms with Gasteiger partial charge in [0, 0.05) is 17.4 Å². The van der Waals surface area contributed by atoms with Crippen LogP contribution in [0.5, 0.6) is 0 Å². The number of aromatic amines is 1. The Kier molecular flexibility index (Phi) is 3.44. The lowest BCUT2D eigenvalue weighted by atomic mass is 10.1. The molecule has 2 N–H and O–H groups in total. The molecule has 3 rings (SSSR count). The smallest absolute Gasteiger partial charge is 0.267 e. The highest BCUT2D eigenvalue weighted by Crippen LogP contribution is 2.16. The van der Waals surface area contributed by atoms with Gasteiger partial charge in [-0.05, 0) is 36.8 Å². The molecule has 0 aliphatic carbocycles. The van der Waals surface area contributed by atoms with Crippen LogP contribution in [0, 0.1) is 12.7 Å². The van der Waals surface area contributed by atoms with Gasteiger partial charge in [0.15, 0.2) is 0 Å². The summed E-state index contributed by atoms with van der Waals surface area (Å²) in [7, 11) is 0. The van der Waals surface area contributed by atoms with E-state index in [4.69, 9.17) is 0 Å². The van der Waals surface area contributed by atoms with Gasteiger partial charge in [0.25, 0.3) is 5.91 Å². The molecule has 3 nitrogen and oxygen atoms in total. The van der Waals surface area contributed by atoms with E-state index in [1.165, 1.54) is 12.1 Å². The first-order chi connectivity index (χ1) is 10.1. The highest BCUT2D eigenvalue weighted by atomic mass is 19.1. The second-order valence-electron chi connectivity index (χ2n) is 5.09. The molecular formula is C17H15FN2O. The minimum absolute atomic E-state index is 0.201. The number of benzene rings is 2. The van der Waals surface area contributed by atoms with Crippen LogP contribution in [0.25, 0.3) is 10.9 Å². The van der Waals surface area contributed by atoms with E-state index in [0.29, 0.717) is 17.6 Å². The molecule has 0 radical (unpaired) electrons.